The van der Waals surface area contributed by atoms with Crippen LogP contribution >= 0.6 is 34.8 Å². The number of nitriles is 1. The molecule has 0 saturated carbocycles. The van der Waals surface area contributed by atoms with E-state index in [1.54, 1.807) is 35.2 Å². The lowest BCUT2D eigenvalue weighted by molar-refractivity contribution is -0.116. The number of benzene rings is 3. The van der Waals surface area contributed by atoms with E-state index < -0.39 is 5.92 Å². The summed E-state index contributed by atoms with van der Waals surface area (Å²) >= 11 is 18.5. The van der Waals surface area contributed by atoms with Gasteiger partial charge in [0.1, 0.15) is 18.2 Å². The quantitative estimate of drug-likeness (QED) is 0.330. The van der Waals surface area contributed by atoms with Gasteiger partial charge in [-0.15, -0.1) is 0 Å². The van der Waals surface area contributed by atoms with Gasteiger partial charge in [-0.25, -0.2) is 0 Å². The highest BCUT2D eigenvalue weighted by Crippen LogP contribution is 2.48. The molecule has 0 fully saturated rings. The fourth-order valence-corrected chi connectivity index (χ4v) is 5.84. The molecule has 0 aromatic heterocycles. The molecule has 0 bridgehead atoms. The van der Waals surface area contributed by atoms with Crippen LogP contribution in [-0.4, -0.2) is 5.78 Å². The Morgan fingerprint density at radius 1 is 1.03 bits per heavy atom. The molecule has 1 aliphatic carbocycles. The molecule has 1 unspecified atom stereocenters. The van der Waals surface area contributed by atoms with Crippen molar-refractivity contribution in [3.8, 4) is 11.8 Å². The molecule has 2 aliphatic rings. The zero-order valence-corrected chi connectivity index (χ0v) is 23.8. The van der Waals surface area contributed by atoms with Crippen molar-refractivity contribution < 1.29 is 9.53 Å². The maximum absolute atomic E-state index is 13.6. The van der Waals surface area contributed by atoms with Gasteiger partial charge in [-0.1, -0.05) is 52.5 Å². The van der Waals surface area contributed by atoms with E-state index in [0.29, 0.717) is 63.5 Å². The highest BCUT2D eigenvalue weighted by Gasteiger charge is 2.41. The van der Waals surface area contributed by atoms with Gasteiger partial charge < -0.3 is 10.5 Å². The number of rotatable bonds is 5. The Bertz CT molecular complexity index is 1590. The molecule has 8 heteroatoms. The number of carbonyl (C=O) groups excluding carboxylic acids is 1. The molecule has 0 amide bonds. The lowest BCUT2D eigenvalue weighted by Crippen LogP contribution is -2.39. The maximum Gasteiger partial charge on any atom is 0.161 e. The lowest BCUT2D eigenvalue weighted by Gasteiger charge is -2.40. The number of hydrogen-bond donors (Lipinski definition) is 1. The number of ketones is 1. The fourth-order valence-electron chi connectivity index (χ4n) is 5.42. The molecule has 39 heavy (non-hydrogen) atoms. The monoisotopic (exact) mass is 577 g/mol. The van der Waals surface area contributed by atoms with Gasteiger partial charge in [0, 0.05) is 28.4 Å². The van der Waals surface area contributed by atoms with Gasteiger partial charge in [-0.3, -0.25) is 9.69 Å². The summed E-state index contributed by atoms with van der Waals surface area (Å²) in [5.74, 6) is 0.428. The first-order valence-electron chi connectivity index (χ1n) is 12.6. The predicted molar refractivity (Wildman–Crippen MR) is 156 cm³/mol. The van der Waals surface area contributed by atoms with E-state index in [0.717, 1.165) is 28.0 Å². The van der Waals surface area contributed by atoms with E-state index in [1.165, 1.54) is 0 Å². The number of aryl methyl sites for hydroxylation is 1. The summed E-state index contributed by atoms with van der Waals surface area (Å²) in [5, 5.41) is 11.8. The van der Waals surface area contributed by atoms with E-state index in [2.05, 4.69) is 12.1 Å². The van der Waals surface area contributed by atoms with Crippen molar-refractivity contribution in [2.75, 3.05) is 4.90 Å². The molecule has 0 radical (unpaired) electrons. The largest absolute Gasteiger partial charge is 0.489 e. The number of carbonyl (C=O) groups is 1. The van der Waals surface area contributed by atoms with Crippen LogP contribution in [-0.2, 0) is 11.4 Å². The maximum atomic E-state index is 13.6. The summed E-state index contributed by atoms with van der Waals surface area (Å²) in [4.78, 5) is 15.3. The Morgan fingerprint density at radius 2 is 1.77 bits per heavy atom. The van der Waals surface area contributed by atoms with Crippen LogP contribution in [0.25, 0.3) is 0 Å². The van der Waals surface area contributed by atoms with E-state index in [4.69, 9.17) is 45.3 Å². The molecule has 3 aromatic carbocycles. The Balaban J connectivity index is 1.63. The topological polar surface area (TPSA) is 79.3 Å². The van der Waals surface area contributed by atoms with Gasteiger partial charge >= 0.3 is 0 Å². The van der Waals surface area contributed by atoms with E-state index >= 15 is 0 Å². The first-order chi connectivity index (χ1) is 18.7. The van der Waals surface area contributed by atoms with Crippen LogP contribution in [0.3, 0.4) is 0 Å². The first-order valence-corrected chi connectivity index (χ1v) is 13.7. The van der Waals surface area contributed by atoms with Gasteiger partial charge in [0.25, 0.3) is 0 Å². The number of nitrogens with two attached hydrogens (primary N) is 1. The van der Waals surface area contributed by atoms with Crippen molar-refractivity contribution in [3.63, 3.8) is 0 Å². The summed E-state index contributed by atoms with van der Waals surface area (Å²) in [6.07, 6.45) is 1.76. The molecule has 3 aromatic rings. The summed E-state index contributed by atoms with van der Waals surface area (Å²) in [6.45, 7) is 4.32. The lowest BCUT2D eigenvalue weighted by atomic mass is 9.73. The number of hydrogen-bond acceptors (Lipinski definition) is 5. The molecule has 2 N–H and O–H groups in total. The molecular formula is C31H26Cl3N3O2. The van der Waals surface area contributed by atoms with Crippen molar-refractivity contribution >= 4 is 46.3 Å². The number of nitrogens with zero attached hydrogens (tertiary/aromatic N) is 2. The second-order valence-electron chi connectivity index (χ2n) is 9.80. The number of allylic oxidation sites excluding steroid dienone is 3. The van der Waals surface area contributed by atoms with Gasteiger partial charge in [-0.05, 0) is 85.8 Å². The van der Waals surface area contributed by atoms with Gasteiger partial charge in [0.15, 0.2) is 5.78 Å². The Labute approximate surface area is 243 Å². The minimum atomic E-state index is -0.578. The van der Waals surface area contributed by atoms with Crippen molar-refractivity contribution in [3.05, 3.63) is 115 Å². The van der Waals surface area contributed by atoms with E-state index in [-0.39, 0.29) is 11.6 Å². The minimum absolute atomic E-state index is 0.0198. The standard InChI is InChI=1S/C31H26Cl3N3O2/c1-17-12-19(16-39-22-9-6-20(32)7-10-22)18(2)23(13-17)29-24(15-35)31(36)37(21-8-11-25(33)26(34)14-21)27-4-3-5-28(38)30(27)29/h6-14,29H,3-5,16,36H2,1-2H3. The second kappa shape index (κ2) is 11.0. The Hall–Kier alpha value is -3.43. The SMILES string of the molecule is Cc1cc(COc2ccc(Cl)cc2)c(C)c(C2C(C#N)=C(N)N(c3ccc(Cl)c(Cl)c3)C3=C2C(=O)CCC3)c1. The van der Waals surface area contributed by atoms with Crippen LogP contribution in [0.1, 0.15) is 47.4 Å². The molecule has 1 heterocycles. The third-order valence-corrected chi connectivity index (χ3v) is 8.28. The molecular weight excluding hydrogens is 553 g/mol. The van der Waals surface area contributed by atoms with E-state index in [1.807, 2.05) is 32.0 Å². The van der Waals surface area contributed by atoms with E-state index in [9.17, 15) is 10.1 Å². The van der Waals surface area contributed by atoms with Crippen molar-refractivity contribution in [2.24, 2.45) is 5.73 Å². The molecule has 5 nitrogen and oxygen atoms in total. The molecule has 0 spiro atoms. The fraction of sp³-hybridized carbons (Fsp3) is 0.226. The third kappa shape index (κ3) is 5.13. The zero-order valence-electron chi connectivity index (χ0n) is 21.5. The van der Waals surface area contributed by atoms with Gasteiger partial charge in [0.2, 0.25) is 0 Å². The molecule has 5 rings (SSSR count). The van der Waals surface area contributed by atoms with Crippen molar-refractivity contribution in [1.82, 2.24) is 0 Å². The summed E-state index contributed by atoms with van der Waals surface area (Å²) in [7, 11) is 0. The molecule has 1 atom stereocenters. The van der Waals surface area contributed by atoms with Crippen molar-refractivity contribution in [2.45, 2.75) is 45.6 Å². The normalized spacial score (nSPS) is 17.3. The Morgan fingerprint density at radius 3 is 2.46 bits per heavy atom. The van der Waals surface area contributed by atoms with Gasteiger partial charge in [0.05, 0.1) is 27.6 Å². The van der Waals surface area contributed by atoms with Crippen LogP contribution in [0, 0.1) is 25.2 Å². The zero-order chi connectivity index (χ0) is 27.8. The average molecular weight is 579 g/mol. The predicted octanol–water partition coefficient (Wildman–Crippen LogP) is 8.15. The van der Waals surface area contributed by atoms with Crippen LogP contribution in [0.15, 0.2) is 77.3 Å². The first kappa shape index (κ1) is 27.1. The summed E-state index contributed by atoms with van der Waals surface area (Å²) in [5.41, 5.74) is 12.9. The number of Topliss-reactive ketones (excluding diaryl/α,β-unsaturated/α-hetero) is 1. The molecule has 198 valence electrons. The summed E-state index contributed by atoms with van der Waals surface area (Å²) < 4.78 is 6.05. The summed E-state index contributed by atoms with van der Waals surface area (Å²) in [6, 6.07) is 18.8. The minimum Gasteiger partial charge on any atom is -0.489 e. The van der Waals surface area contributed by atoms with Crippen LogP contribution in [0.4, 0.5) is 5.69 Å². The third-order valence-electron chi connectivity index (χ3n) is 7.29. The highest BCUT2D eigenvalue weighted by atomic mass is 35.5. The molecule has 1 aliphatic heterocycles. The highest BCUT2D eigenvalue weighted by molar-refractivity contribution is 6.42. The molecule has 0 saturated heterocycles. The smallest absolute Gasteiger partial charge is 0.161 e. The van der Waals surface area contributed by atoms with Crippen LogP contribution in [0.2, 0.25) is 15.1 Å². The van der Waals surface area contributed by atoms with Crippen LogP contribution < -0.4 is 15.4 Å². The Kier molecular flexibility index (Phi) is 7.64. The number of ether oxygens (including phenoxy) is 1. The average Bonchev–Trinajstić information content (AvgIpc) is 2.91. The number of anilines is 1. The van der Waals surface area contributed by atoms with Crippen LogP contribution in [0.5, 0.6) is 5.75 Å². The van der Waals surface area contributed by atoms with Gasteiger partial charge in [-0.2, -0.15) is 5.26 Å². The van der Waals surface area contributed by atoms with Crippen molar-refractivity contribution in [1.29, 1.82) is 5.26 Å². The number of halogens is 3. The second-order valence-corrected chi connectivity index (χ2v) is 11.0.